The summed E-state index contributed by atoms with van der Waals surface area (Å²) in [6.45, 7) is 15.4. The highest BCUT2D eigenvalue weighted by Gasteiger charge is 2.03. The molecule has 168 valence electrons. The Morgan fingerprint density at radius 2 is 1.24 bits per heavy atom. The monoisotopic (exact) mass is 474 g/mol. The van der Waals surface area contributed by atoms with E-state index in [1.165, 1.54) is 20.8 Å². The lowest BCUT2D eigenvalue weighted by Crippen LogP contribution is -2.13. The number of sulfonamides is 2. The van der Waals surface area contributed by atoms with Crippen LogP contribution in [0.1, 0.15) is 20.8 Å². The van der Waals surface area contributed by atoms with Crippen molar-refractivity contribution < 1.29 is 39.9 Å². The molecule has 0 heterocycles. The van der Waals surface area contributed by atoms with E-state index in [9.17, 15) is 39.9 Å². The molecular formula is C12H20N5O9S3-3. The normalized spacial score (nSPS) is 10.7. The van der Waals surface area contributed by atoms with E-state index in [1.54, 1.807) is 0 Å². The zero-order valence-electron chi connectivity index (χ0n) is 16.3. The van der Waals surface area contributed by atoms with Crippen LogP contribution in [0.2, 0.25) is 0 Å². The van der Waals surface area contributed by atoms with Crippen LogP contribution in [0.3, 0.4) is 0 Å². The minimum atomic E-state index is -3.74. The molecular weight excluding hydrogens is 454 g/mol. The van der Waals surface area contributed by atoms with Gasteiger partial charge in [0.05, 0.1) is 20.0 Å². The van der Waals surface area contributed by atoms with Crippen molar-refractivity contribution in [1.82, 2.24) is 0 Å². The highest BCUT2D eigenvalue weighted by atomic mass is 32.3. The van der Waals surface area contributed by atoms with E-state index >= 15 is 0 Å². The molecule has 0 spiro atoms. The maximum absolute atomic E-state index is 10.2. The summed E-state index contributed by atoms with van der Waals surface area (Å²) in [5.74, 6) is -1.53. The second-order valence-corrected chi connectivity index (χ2v) is 10.4. The molecule has 0 saturated heterocycles. The summed E-state index contributed by atoms with van der Waals surface area (Å²) in [7, 11) is -10.6. The number of carbonyl (C=O) groups excluding carboxylic acids is 2. The average molecular weight is 475 g/mol. The fraction of sp³-hybridized carbons (Fsp3) is 0.583. The molecule has 0 aromatic heterocycles. The fourth-order valence-corrected chi connectivity index (χ4v) is 3.57. The third-order valence-electron chi connectivity index (χ3n) is 1.14. The van der Waals surface area contributed by atoms with E-state index in [2.05, 4.69) is 24.6 Å². The molecule has 0 aliphatic rings. The summed E-state index contributed by atoms with van der Waals surface area (Å²) < 4.78 is 63.3. The van der Waals surface area contributed by atoms with Gasteiger partial charge in [-0.25, -0.2) is 43.4 Å². The van der Waals surface area contributed by atoms with Gasteiger partial charge in [-0.15, -0.1) is 0 Å². The molecule has 0 aromatic rings. The maximum atomic E-state index is 10.2. The molecule has 14 nitrogen and oxygen atoms in total. The Balaban J connectivity index is -0.000000147. The first kappa shape index (κ1) is 33.9. The molecule has 0 aromatic carbocycles. The van der Waals surface area contributed by atoms with Gasteiger partial charge >= 0.3 is 0 Å². The summed E-state index contributed by atoms with van der Waals surface area (Å²) in [4.78, 5) is 27.7. The zero-order chi connectivity index (χ0) is 24.5. The van der Waals surface area contributed by atoms with Gasteiger partial charge in [0.25, 0.3) is 0 Å². The van der Waals surface area contributed by atoms with Crippen LogP contribution in [0, 0.1) is 13.1 Å². The van der Waals surface area contributed by atoms with E-state index in [0.29, 0.717) is 12.5 Å². The lowest BCUT2D eigenvalue weighted by Gasteiger charge is -2.11. The molecule has 0 aliphatic heterocycles. The number of amides is 1. The second-order valence-electron chi connectivity index (χ2n) is 4.75. The Kier molecular flexibility index (Phi) is 19.2. The topological polar surface area (TPSA) is 209 Å². The van der Waals surface area contributed by atoms with Gasteiger partial charge in [-0.2, -0.15) is 0 Å². The van der Waals surface area contributed by atoms with Gasteiger partial charge in [0.2, 0.25) is 5.91 Å². The molecule has 1 amide bonds. The van der Waals surface area contributed by atoms with Crippen molar-refractivity contribution >= 4 is 47.5 Å². The highest BCUT2D eigenvalue weighted by molar-refractivity contribution is 8.11. The predicted molar refractivity (Wildman–Crippen MR) is 104 cm³/mol. The number of hydrogen-bond donors (Lipinski definition) is 0. The van der Waals surface area contributed by atoms with Crippen LogP contribution in [-0.2, 0) is 39.5 Å². The molecule has 0 saturated carbocycles. The van der Waals surface area contributed by atoms with Crippen LogP contribution in [0.25, 0.3) is 19.6 Å². The Morgan fingerprint density at radius 1 is 0.897 bits per heavy atom. The summed E-state index contributed by atoms with van der Waals surface area (Å²) in [5.41, 5.74) is 2.56. The number of rotatable bonds is 4. The van der Waals surface area contributed by atoms with Crippen LogP contribution >= 0.6 is 0 Å². The quantitative estimate of drug-likeness (QED) is 0.216. The highest BCUT2D eigenvalue weighted by Crippen LogP contribution is 2.03. The summed E-state index contributed by atoms with van der Waals surface area (Å²) in [6.07, 6.45) is 2.47. The number of carbonyl (C=O) groups is 2. The standard InChI is InChI=1S/C4H7NO2.C4H8O3S.C2N3.C2H6NO4S2/c1-3(6)5-4(2)7;1-4(5)3-8(2,6)7;1-3-5-4-2;1-8(4,5)3-9(2,6)7/h1-2H3,(H,5,6,7);3H2,1-2H3;;1-2H3/q;;2*-1/p-1. The van der Waals surface area contributed by atoms with Gasteiger partial charge in [-0.1, -0.05) is 0 Å². The summed E-state index contributed by atoms with van der Waals surface area (Å²) in [5, 5.41) is 9.87. The van der Waals surface area contributed by atoms with Crippen molar-refractivity contribution in [3.05, 3.63) is 32.7 Å². The van der Waals surface area contributed by atoms with Gasteiger partial charge in [0.1, 0.15) is 11.5 Å². The van der Waals surface area contributed by atoms with E-state index in [1.807, 2.05) is 0 Å². The van der Waals surface area contributed by atoms with Crippen molar-refractivity contribution in [2.75, 3.05) is 24.5 Å². The molecule has 0 atom stereocenters. The lowest BCUT2D eigenvalue weighted by atomic mass is 10.5. The summed E-state index contributed by atoms with van der Waals surface area (Å²) >= 11 is 0. The van der Waals surface area contributed by atoms with Gasteiger partial charge < -0.3 is 9.23 Å². The molecule has 0 radical (unpaired) electrons. The van der Waals surface area contributed by atoms with Crippen molar-refractivity contribution in [3.8, 4) is 0 Å². The van der Waals surface area contributed by atoms with Crippen LogP contribution in [0.4, 0.5) is 0 Å². The van der Waals surface area contributed by atoms with E-state index in [-0.39, 0.29) is 11.5 Å². The molecule has 0 unspecified atom stereocenters. The Labute approximate surface area is 170 Å². The second kappa shape index (κ2) is 16.4. The molecule has 0 N–H and O–H groups in total. The van der Waals surface area contributed by atoms with Crippen molar-refractivity contribution in [2.45, 2.75) is 20.8 Å². The number of hydrogen-bond acceptors (Lipinski definition) is 9. The first-order valence-electron chi connectivity index (χ1n) is 6.64. The number of Topliss-reactive ketones (excluding diaryl/α,β-unsaturated/α-hetero) is 1. The molecule has 29 heavy (non-hydrogen) atoms. The largest absolute Gasteiger partial charge is 0.862 e. The van der Waals surface area contributed by atoms with Crippen molar-refractivity contribution in [3.63, 3.8) is 0 Å². The van der Waals surface area contributed by atoms with Gasteiger partial charge in [-0.3, -0.25) is 19.5 Å². The third kappa shape index (κ3) is 67.1. The van der Waals surface area contributed by atoms with Gasteiger partial charge in [0.15, 0.2) is 9.84 Å². The number of sulfone groups is 1. The van der Waals surface area contributed by atoms with Crippen molar-refractivity contribution in [2.24, 2.45) is 4.99 Å². The smallest absolute Gasteiger partial charge is 0.241 e. The van der Waals surface area contributed by atoms with Crippen molar-refractivity contribution in [1.29, 1.82) is 0 Å². The predicted octanol–water partition coefficient (Wildman–Crippen LogP) is -0.760. The Morgan fingerprint density at radius 3 is 1.24 bits per heavy atom. The minimum Gasteiger partial charge on any atom is -0.862 e. The molecule has 0 bridgehead atoms. The van der Waals surface area contributed by atoms with Crippen LogP contribution < -0.4 is 5.11 Å². The van der Waals surface area contributed by atoms with E-state index < -0.39 is 41.7 Å². The number of nitrogens with zero attached hydrogens (tertiary/aromatic N) is 5. The Bertz CT molecular complexity index is 907. The van der Waals surface area contributed by atoms with Gasteiger partial charge in [-0.05, 0) is 19.7 Å². The Hall–Kier alpha value is -2.60. The molecule has 0 aliphatic carbocycles. The third-order valence-corrected chi connectivity index (χ3v) is 4.24. The molecule has 17 heteroatoms. The van der Waals surface area contributed by atoms with Crippen LogP contribution in [0.15, 0.2) is 4.99 Å². The summed E-state index contributed by atoms with van der Waals surface area (Å²) in [6, 6.07) is 0. The van der Waals surface area contributed by atoms with E-state index in [0.717, 1.165) is 6.26 Å². The fourth-order valence-electron chi connectivity index (χ4n) is 0.859. The first-order valence-corrected chi connectivity index (χ1v) is 12.4. The number of ketones is 1. The first-order chi connectivity index (χ1) is 12.7. The molecule has 0 fully saturated rings. The zero-order valence-corrected chi connectivity index (χ0v) is 18.8. The van der Waals surface area contributed by atoms with Crippen LogP contribution in [0.5, 0.6) is 0 Å². The lowest BCUT2D eigenvalue weighted by molar-refractivity contribution is -0.215. The molecule has 0 rings (SSSR count). The average Bonchev–Trinajstić information content (AvgIpc) is 2.31. The van der Waals surface area contributed by atoms with E-state index in [4.69, 9.17) is 13.1 Å². The number of aliphatic imine (C=N–C) groups is 1. The van der Waals surface area contributed by atoms with Crippen LogP contribution in [-0.4, -0.2) is 67.4 Å². The maximum Gasteiger partial charge on any atom is 0.241 e. The van der Waals surface area contributed by atoms with Gasteiger partial charge in [0, 0.05) is 31.2 Å². The SMILES string of the molecule is CC(=O)CS(C)(=O)=O.CC(=O)N=C(C)[O-].CS(=O)(=O)[N-]S(C)(=O)=O.[C-]#[N+][N-][N+]#[C-]. The minimum absolute atomic E-state index is 0.312.